The Kier molecular flexibility index (Phi) is 5.34. The zero-order valence-electron chi connectivity index (χ0n) is 11.9. The predicted octanol–water partition coefficient (Wildman–Crippen LogP) is 4.37. The van der Waals surface area contributed by atoms with Gasteiger partial charge in [-0.2, -0.15) is 0 Å². The smallest absolute Gasteiger partial charge is 0.00952 e. The van der Waals surface area contributed by atoms with Gasteiger partial charge in [0.25, 0.3) is 0 Å². The van der Waals surface area contributed by atoms with Gasteiger partial charge >= 0.3 is 0 Å². The lowest BCUT2D eigenvalue weighted by molar-refractivity contribution is 0.227. The highest BCUT2D eigenvalue weighted by molar-refractivity contribution is 4.81. The topological polar surface area (TPSA) is 12.0 Å². The first-order valence-electron chi connectivity index (χ1n) is 7.99. The molecule has 0 radical (unpaired) electrons. The van der Waals surface area contributed by atoms with Gasteiger partial charge in [-0.15, -0.1) is 0 Å². The summed E-state index contributed by atoms with van der Waals surface area (Å²) in [7, 11) is 0. The SMILES string of the molecule is CC1CCC(C)C(NCCCC2CCCC2)C1. The molecule has 0 heterocycles. The van der Waals surface area contributed by atoms with E-state index in [9.17, 15) is 0 Å². The molecular weight excluding hydrogens is 206 g/mol. The van der Waals surface area contributed by atoms with E-state index in [4.69, 9.17) is 0 Å². The summed E-state index contributed by atoms with van der Waals surface area (Å²) in [6.45, 7) is 6.11. The van der Waals surface area contributed by atoms with Gasteiger partial charge in [-0.3, -0.25) is 0 Å². The van der Waals surface area contributed by atoms with E-state index in [0.717, 1.165) is 23.8 Å². The summed E-state index contributed by atoms with van der Waals surface area (Å²) in [6.07, 6.45) is 13.2. The Balaban J connectivity index is 1.57. The summed E-state index contributed by atoms with van der Waals surface area (Å²) < 4.78 is 0. The van der Waals surface area contributed by atoms with Gasteiger partial charge in [0.2, 0.25) is 0 Å². The summed E-state index contributed by atoms with van der Waals surface area (Å²) in [5, 5.41) is 3.83. The number of hydrogen-bond acceptors (Lipinski definition) is 1. The molecule has 17 heavy (non-hydrogen) atoms. The second-order valence-corrected chi connectivity index (χ2v) is 6.75. The summed E-state index contributed by atoms with van der Waals surface area (Å²) >= 11 is 0. The van der Waals surface area contributed by atoms with Crippen molar-refractivity contribution in [2.45, 2.75) is 77.7 Å². The van der Waals surface area contributed by atoms with Crippen molar-refractivity contribution in [1.82, 2.24) is 5.32 Å². The molecule has 2 aliphatic rings. The standard InChI is InChI=1S/C16H31N/c1-13-9-10-14(2)16(12-13)17-11-5-8-15-6-3-4-7-15/h13-17H,3-12H2,1-2H3. The normalized spacial score (nSPS) is 35.3. The Morgan fingerprint density at radius 3 is 2.53 bits per heavy atom. The van der Waals surface area contributed by atoms with Crippen LogP contribution in [0.3, 0.4) is 0 Å². The van der Waals surface area contributed by atoms with Crippen LogP contribution in [0.25, 0.3) is 0 Å². The Hall–Kier alpha value is -0.0400. The number of hydrogen-bond donors (Lipinski definition) is 1. The van der Waals surface area contributed by atoms with Crippen molar-refractivity contribution in [1.29, 1.82) is 0 Å². The molecule has 100 valence electrons. The maximum Gasteiger partial charge on any atom is 0.00952 e. The van der Waals surface area contributed by atoms with Crippen molar-refractivity contribution in [3.8, 4) is 0 Å². The molecule has 2 rings (SSSR count). The molecule has 3 atom stereocenters. The van der Waals surface area contributed by atoms with Crippen LogP contribution >= 0.6 is 0 Å². The van der Waals surface area contributed by atoms with Crippen LogP contribution in [0, 0.1) is 17.8 Å². The first-order chi connectivity index (χ1) is 8.25. The molecule has 2 saturated carbocycles. The minimum atomic E-state index is 0.808. The molecule has 0 aliphatic heterocycles. The van der Waals surface area contributed by atoms with Crippen LogP contribution in [0.15, 0.2) is 0 Å². The molecule has 0 amide bonds. The summed E-state index contributed by atoms with van der Waals surface area (Å²) in [4.78, 5) is 0. The van der Waals surface area contributed by atoms with Crippen LogP contribution in [-0.4, -0.2) is 12.6 Å². The Bertz CT molecular complexity index is 208. The van der Waals surface area contributed by atoms with Crippen LogP contribution in [0.5, 0.6) is 0 Å². The Morgan fingerprint density at radius 1 is 1.00 bits per heavy atom. The fraction of sp³-hybridized carbons (Fsp3) is 1.00. The second-order valence-electron chi connectivity index (χ2n) is 6.75. The molecular formula is C16H31N. The molecule has 1 N–H and O–H groups in total. The summed E-state index contributed by atoms with van der Waals surface area (Å²) in [5.74, 6) is 2.91. The number of rotatable bonds is 5. The molecule has 0 aromatic rings. The molecule has 1 heteroatoms. The van der Waals surface area contributed by atoms with E-state index in [0.29, 0.717) is 0 Å². The molecule has 0 aromatic carbocycles. The maximum absolute atomic E-state index is 3.83. The average Bonchev–Trinajstić information content (AvgIpc) is 2.82. The molecule has 2 aliphatic carbocycles. The molecule has 0 bridgehead atoms. The van der Waals surface area contributed by atoms with Gasteiger partial charge in [0.05, 0.1) is 0 Å². The first kappa shape index (κ1) is 13.4. The molecule has 0 saturated heterocycles. The molecule has 1 nitrogen and oxygen atoms in total. The van der Waals surface area contributed by atoms with Gasteiger partial charge in [-0.25, -0.2) is 0 Å². The maximum atomic E-state index is 3.83. The van der Waals surface area contributed by atoms with Crippen LogP contribution < -0.4 is 5.32 Å². The van der Waals surface area contributed by atoms with Crippen LogP contribution in [0.1, 0.15) is 71.6 Å². The van der Waals surface area contributed by atoms with E-state index >= 15 is 0 Å². The largest absolute Gasteiger partial charge is 0.314 e. The molecule has 2 fully saturated rings. The molecule has 3 unspecified atom stereocenters. The van der Waals surface area contributed by atoms with Gasteiger partial charge in [0.1, 0.15) is 0 Å². The van der Waals surface area contributed by atoms with Crippen LogP contribution in [0.4, 0.5) is 0 Å². The Labute approximate surface area is 108 Å². The highest BCUT2D eigenvalue weighted by atomic mass is 14.9. The van der Waals surface area contributed by atoms with Gasteiger partial charge < -0.3 is 5.32 Å². The van der Waals surface area contributed by atoms with Gasteiger partial charge in [-0.1, -0.05) is 46.0 Å². The zero-order chi connectivity index (χ0) is 12.1. The predicted molar refractivity (Wildman–Crippen MR) is 75.2 cm³/mol. The van der Waals surface area contributed by atoms with Crippen molar-refractivity contribution in [2.24, 2.45) is 17.8 Å². The second kappa shape index (κ2) is 6.78. The van der Waals surface area contributed by atoms with Crippen LogP contribution in [0.2, 0.25) is 0 Å². The van der Waals surface area contributed by atoms with Crippen molar-refractivity contribution < 1.29 is 0 Å². The van der Waals surface area contributed by atoms with E-state index in [1.54, 1.807) is 0 Å². The lowest BCUT2D eigenvalue weighted by Crippen LogP contribution is -2.39. The first-order valence-corrected chi connectivity index (χ1v) is 7.99. The van der Waals surface area contributed by atoms with Crippen molar-refractivity contribution in [3.63, 3.8) is 0 Å². The average molecular weight is 237 g/mol. The van der Waals surface area contributed by atoms with Crippen molar-refractivity contribution in [2.75, 3.05) is 6.54 Å². The Morgan fingerprint density at radius 2 is 1.76 bits per heavy atom. The van der Waals surface area contributed by atoms with Crippen molar-refractivity contribution in [3.05, 3.63) is 0 Å². The molecule has 0 aromatic heterocycles. The van der Waals surface area contributed by atoms with E-state index < -0.39 is 0 Å². The summed E-state index contributed by atoms with van der Waals surface area (Å²) in [5.41, 5.74) is 0. The minimum Gasteiger partial charge on any atom is -0.314 e. The highest BCUT2D eigenvalue weighted by Gasteiger charge is 2.24. The number of nitrogens with one attached hydrogen (secondary N) is 1. The third-order valence-electron chi connectivity index (χ3n) is 5.13. The third kappa shape index (κ3) is 4.28. The lowest BCUT2D eigenvalue weighted by atomic mass is 9.80. The van der Waals surface area contributed by atoms with Gasteiger partial charge in [0.15, 0.2) is 0 Å². The van der Waals surface area contributed by atoms with E-state index in [2.05, 4.69) is 19.2 Å². The third-order valence-corrected chi connectivity index (χ3v) is 5.13. The molecule has 0 spiro atoms. The fourth-order valence-corrected chi connectivity index (χ4v) is 3.79. The van der Waals surface area contributed by atoms with Crippen LogP contribution in [-0.2, 0) is 0 Å². The van der Waals surface area contributed by atoms with E-state index in [-0.39, 0.29) is 0 Å². The lowest BCUT2D eigenvalue weighted by Gasteiger charge is -2.33. The fourth-order valence-electron chi connectivity index (χ4n) is 3.79. The minimum absolute atomic E-state index is 0.808. The quantitative estimate of drug-likeness (QED) is 0.700. The summed E-state index contributed by atoms with van der Waals surface area (Å²) in [6, 6.07) is 0.808. The van der Waals surface area contributed by atoms with Crippen molar-refractivity contribution >= 4 is 0 Å². The zero-order valence-corrected chi connectivity index (χ0v) is 11.9. The highest BCUT2D eigenvalue weighted by Crippen LogP contribution is 2.29. The van der Waals surface area contributed by atoms with E-state index in [1.807, 2.05) is 0 Å². The monoisotopic (exact) mass is 237 g/mol. The van der Waals surface area contributed by atoms with E-state index in [1.165, 1.54) is 64.3 Å². The van der Waals surface area contributed by atoms with Gasteiger partial charge in [0, 0.05) is 6.04 Å². The van der Waals surface area contributed by atoms with Gasteiger partial charge in [-0.05, 0) is 50.0 Å².